The number of hydrogen-bond acceptors (Lipinski definition) is 6. The van der Waals surface area contributed by atoms with Gasteiger partial charge in [0.2, 0.25) is 0 Å². The number of nitrogens with zero attached hydrogens (tertiary/aromatic N) is 5. The number of pyridine rings is 1. The lowest BCUT2D eigenvalue weighted by atomic mass is 10.2. The van der Waals surface area contributed by atoms with Crippen molar-refractivity contribution in [1.82, 2.24) is 24.7 Å². The number of nitrogens with one attached hydrogen (secondary N) is 1. The van der Waals surface area contributed by atoms with Crippen molar-refractivity contribution in [3.8, 4) is 17.2 Å². The Kier molecular flexibility index (Phi) is 4.27. The summed E-state index contributed by atoms with van der Waals surface area (Å²) in [6, 6.07) is 16.0. The summed E-state index contributed by atoms with van der Waals surface area (Å²) in [6.45, 7) is 0.626. The third kappa shape index (κ3) is 3.23. The van der Waals surface area contributed by atoms with Crippen LogP contribution in [0.5, 0.6) is 0 Å². The Morgan fingerprint density at radius 3 is 2.82 bits per heavy atom. The van der Waals surface area contributed by atoms with E-state index in [2.05, 4.69) is 20.8 Å². The van der Waals surface area contributed by atoms with Gasteiger partial charge < -0.3 is 5.32 Å². The Balaban J connectivity index is 1.47. The molecule has 1 N–H and O–H groups in total. The normalized spacial score (nSPS) is 11.0. The predicted molar refractivity (Wildman–Crippen MR) is 112 cm³/mol. The van der Waals surface area contributed by atoms with E-state index in [0.717, 1.165) is 39.5 Å². The lowest BCUT2D eigenvalue weighted by Gasteiger charge is -2.11. The van der Waals surface area contributed by atoms with Crippen molar-refractivity contribution >= 4 is 28.1 Å². The summed E-state index contributed by atoms with van der Waals surface area (Å²) in [5.74, 6) is 2.34. The van der Waals surface area contributed by atoms with Gasteiger partial charge in [-0.3, -0.25) is 0 Å². The average molecular weight is 384 g/mol. The van der Waals surface area contributed by atoms with Crippen LogP contribution in [0.2, 0.25) is 0 Å². The molecule has 136 valence electrons. The number of para-hydroxylation sites is 1. The fourth-order valence-electron chi connectivity index (χ4n) is 3.02. The first-order chi connectivity index (χ1) is 13.9. The Hall–Kier alpha value is -3.58. The zero-order chi connectivity index (χ0) is 18.8. The van der Waals surface area contributed by atoms with E-state index in [1.165, 1.54) is 0 Å². The second kappa shape index (κ2) is 7.21. The molecule has 7 heteroatoms. The minimum absolute atomic E-state index is 0.626. The molecule has 5 aromatic rings. The summed E-state index contributed by atoms with van der Waals surface area (Å²) < 4.78 is 1.75. The number of rotatable bonds is 5. The molecule has 0 bridgehead atoms. The topological polar surface area (TPSA) is 68.5 Å². The number of aromatic nitrogens is 5. The molecule has 4 heterocycles. The van der Waals surface area contributed by atoms with Crippen LogP contribution in [0.4, 0.5) is 5.82 Å². The molecule has 5 rings (SSSR count). The van der Waals surface area contributed by atoms with Crippen LogP contribution in [0.1, 0.15) is 5.56 Å². The quantitative estimate of drug-likeness (QED) is 0.481. The lowest BCUT2D eigenvalue weighted by Crippen LogP contribution is -2.06. The van der Waals surface area contributed by atoms with Crippen molar-refractivity contribution in [2.24, 2.45) is 0 Å². The fraction of sp³-hybridized carbons (Fsp3) is 0.0476. The molecule has 0 spiro atoms. The Morgan fingerprint density at radius 2 is 1.96 bits per heavy atom. The van der Waals surface area contributed by atoms with Crippen molar-refractivity contribution < 1.29 is 0 Å². The molecule has 4 aromatic heterocycles. The van der Waals surface area contributed by atoms with E-state index in [4.69, 9.17) is 9.97 Å². The first-order valence-corrected chi connectivity index (χ1v) is 9.79. The standard InChI is InChI=1S/C21H16N6S/c1-2-5-18-17(4-1)21(26-20(25-18)16-7-11-28-14-16)23-13-15-6-9-22-19(12-15)27-10-3-8-24-27/h1-12,14H,13H2,(H,23,25,26). The van der Waals surface area contributed by atoms with Crippen LogP contribution in [0, 0.1) is 0 Å². The molecule has 0 aliphatic heterocycles. The number of benzene rings is 1. The molecule has 28 heavy (non-hydrogen) atoms. The molecule has 0 fully saturated rings. The number of anilines is 1. The maximum absolute atomic E-state index is 4.78. The second-order valence-electron chi connectivity index (χ2n) is 6.25. The number of hydrogen-bond donors (Lipinski definition) is 1. The van der Waals surface area contributed by atoms with E-state index in [-0.39, 0.29) is 0 Å². The summed E-state index contributed by atoms with van der Waals surface area (Å²) in [5, 5.41) is 12.8. The maximum atomic E-state index is 4.78. The first kappa shape index (κ1) is 16.6. The molecule has 0 saturated carbocycles. The van der Waals surface area contributed by atoms with Gasteiger partial charge in [-0.25, -0.2) is 19.6 Å². The fourth-order valence-corrected chi connectivity index (χ4v) is 3.65. The first-order valence-electron chi connectivity index (χ1n) is 8.85. The number of thiophene rings is 1. The van der Waals surface area contributed by atoms with Gasteiger partial charge in [-0.2, -0.15) is 16.4 Å². The smallest absolute Gasteiger partial charge is 0.162 e. The highest BCUT2D eigenvalue weighted by Crippen LogP contribution is 2.26. The zero-order valence-corrected chi connectivity index (χ0v) is 15.7. The van der Waals surface area contributed by atoms with Gasteiger partial charge in [-0.05, 0) is 47.3 Å². The molecular formula is C21H16N6S. The molecule has 0 aliphatic carbocycles. The van der Waals surface area contributed by atoms with E-state index >= 15 is 0 Å². The summed E-state index contributed by atoms with van der Waals surface area (Å²) in [4.78, 5) is 13.9. The Labute approximate surface area is 165 Å². The highest BCUT2D eigenvalue weighted by Gasteiger charge is 2.10. The van der Waals surface area contributed by atoms with Gasteiger partial charge in [0.05, 0.1) is 5.52 Å². The van der Waals surface area contributed by atoms with Crippen LogP contribution in [0.25, 0.3) is 28.1 Å². The molecule has 0 amide bonds. The SMILES string of the molecule is c1ccc2c(NCc3ccnc(-n4cccn4)c3)nc(-c3ccsc3)nc2c1. The largest absolute Gasteiger partial charge is 0.365 e. The van der Waals surface area contributed by atoms with E-state index in [1.807, 2.05) is 60.1 Å². The third-order valence-corrected chi connectivity index (χ3v) is 5.07. The van der Waals surface area contributed by atoms with Gasteiger partial charge in [0.25, 0.3) is 0 Å². The molecule has 0 radical (unpaired) electrons. The summed E-state index contributed by atoms with van der Waals surface area (Å²) in [6.07, 6.45) is 5.42. The molecule has 0 saturated heterocycles. The summed E-state index contributed by atoms with van der Waals surface area (Å²) in [5.41, 5.74) is 3.05. The minimum Gasteiger partial charge on any atom is -0.365 e. The zero-order valence-electron chi connectivity index (χ0n) is 14.9. The van der Waals surface area contributed by atoms with Gasteiger partial charge in [0, 0.05) is 41.5 Å². The van der Waals surface area contributed by atoms with E-state index in [9.17, 15) is 0 Å². The molecule has 1 aromatic carbocycles. The second-order valence-corrected chi connectivity index (χ2v) is 7.03. The summed E-state index contributed by atoms with van der Waals surface area (Å²) >= 11 is 1.64. The van der Waals surface area contributed by atoms with Crippen LogP contribution in [0.3, 0.4) is 0 Å². The monoisotopic (exact) mass is 384 g/mol. The Bertz CT molecular complexity index is 1220. The van der Waals surface area contributed by atoms with E-state index < -0.39 is 0 Å². The van der Waals surface area contributed by atoms with Crippen molar-refractivity contribution in [3.63, 3.8) is 0 Å². The van der Waals surface area contributed by atoms with Gasteiger partial charge in [0.15, 0.2) is 11.6 Å². The number of fused-ring (bicyclic) bond motifs is 1. The van der Waals surface area contributed by atoms with Crippen LogP contribution in [-0.2, 0) is 6.54 Å². The predicted octanol–water partition coefficient (Wildman–Crippen LogP) is 4.55. The summed E-state index contributed by atoms with van der Waals surface area (Å²) in [7, 11) is 0. The van der Waals surface area contributed by atoms with Crippen molar-refractivity contribution in [1.29, 1.82) is 0 Å². The highest BCUT2D eigenvalue weighted by atomic mass is 32.1. The third-order valence-electron chi connectivity index (χ3n) is 4.39. The molecule has 0 aliphatic rings. The molecule has 6 nitrogen and oxygen atoms in total. The van der Waals surface area contributed by atoms with Crippen molar-refractivity contribution in [3.05, 3.63) is 83.4 Å². The lowest BCUT2D eigenvalue weighted by molar-refractivity contribution is 0.843. The Morgan fingerprint density at radius 1 is 1.00 bits per heavy atom. The highest BCUT2D eigenvalue weighted by molar-refractivity contribution is 7.08. The van der Waals surface area contributed by atoms with Crippen molar-refractivity contribution in [2.75, 3.05) is 5.32 Å². The molecular weight excluding hydrogens is 368 g/mol. The molecule has 0 unspecified atom stereocenters. The van der Waals surface area contributed by atoms with Crippen LogP contribution in [0.15, 0.2) is 77.9 Å². The van der Waals surface area contributed by atoms with Gasteiger partial charge in [0.1, 0.15) is 5.82 Å². The van der Waals surface area contributed by atoms with Crippen LogP contribution in [-0.4, -0.2) is 24.7 Å². The van der Waals surface area contributed by atoms with Crippen LogP contribution >= 0.6 is 11.3 Å². The van der Waals surface area contributed by atoms with Crippen molar-refractivity contribution in [2.45, 2.75) is 6.54 Å². The van der Waals surface area contributed by atoms with Gasteiger partial charge >= 0.3 is 0 Å². The average Bonchev–Trinajstić information content (AvgIpc) is 3.46. The van der Waals surface area contributed by atoms with Gasteiger partial charge in [-0.1, -0.05) is 12.1 Å². The maximum Gasteiger partial charge on any atom is 0.162 e. The van der Waals surface area contributed by atoms with Crippen LogP contribution < -0.4 is 5.32 Å². The van der Waals surface area contributed by atoms with E-state index in [1.54, 1.807) is 28.4 Å². The minimum atomic E-state index is 0.626. The molecule has 0 atom stereocenters. The van der Waals surface area contributed by atoms with E-state index in [0.29, 0.717) is 6.54 Å². The van der Waals surface area contributed by atoms with Gasteiger partial charge in [-0.15, -0.1) is 0 Å².